The molecule has 0 aromatic heterocycles. The van der Waals surface area contributed by atoms with Crippen molar-refractivity contribution in [3.63, 3.8) is 0 Å². The molecule has 5 N–H and O–H groups in total. The first-order valence-corrected chi connectivity index (χ1v) is 10.9. The van der Waals surface area contributed by atoms with Gasteiger partial charge in [-0.15, -0.1) is 0 Å². The van der Waals surface area contributed by atoms with Gasteiger partial charge in [-0.3, -0.25) is 0 Å². The van der Waals surface area contributed by atoms with Gasteiger partial charge in [-0.05, 0) is 41.3 Å². The van der Waals surface area contributed by atoms with Gasteiger partial charge in [0.15, 0.2) is 0 Å². The van der Waals surface area contributed by atoms with Crippen LogP contribution in [0.15, 0.2) is 42.5 Å². The molecule has 0 spiro atoms. The first-order valence-electron chi connectivity index (χ1n) is 10.5. The van der Waals surface area contributed by atoms with Crippen molar-refractivity contribution in [3.05, 3.63) is 64.2 Å². The van der Waals surface area contributed by atoms with Crippen LogP contribution in [0, 0.1) is 5.92 Å². The standard InChI is InChI=1S/C23H28ClNO6/c24-18-6-3-15(23-22(29)21(28)20(27)19(11-26)31-23)8-16(18)7-13-1-4-17(5-2-13)30-12-14-9-25-10-14/h1-6,8,14,19-23,25-29H,7,9-12H2/t19?,20-,21+,22-,23+/m1/s1. The summed E-state index contributed by atoms with van der Waals surface area (Å²) >= 11 is 6.40. The van der Waals surface area contributed by atoms with Gasteiger partial charge in [-0.25, -0.2) is 0 Å². The van der Waals surface area contributed by atoms with E-state index < -0.39 is 37.1 Å². The highest BCUT2D eigenvalue weighted by molar-refractivity contribution is 6.31. The highest BCUT2D eigenvalue weighted by atomic mass is 35.5. The second-order valence-electron chi connectivity index (χ2n) is 8.26. The minimum atomic E-state index is -1.42. The summed E-state index contributed by atoms with van der Waals surface area (Å²) in [5, 5.41) is 43.7. The van der Waals surface area contributed by atoms with E-state index in [0.29, 0.717) is 29.5 Å². The summed E-state index contributed by atoms with van der Waals surface area (Å²) in [5.41, 5.74) is 2.50. The number of aliphatic hydroxyl groups is 4. The predicted molar refractivity (Wildman–Crippen MR) is 115 cm³/mol. The summed E-state index contributed by atoms with van der Waals surface area (Å²) < 4.78 is 11.5. The van der Waals surface area contributed by atoms with Crippen LogP contribution in [-0.2, 0) is 11.2 Å². The van der Waals surface area contributed by atoms with Crippen LogP contribution in [0.25, 0.3) is 0 Å². The van der Waals surface area contributed by atoms with E-state index in [0.717, 1.165) is 30.0 Å². The Morgan fingerprint density at radius 1 is 1.00 bits per heavy atom. The Kier molecular flexibility index (Phi) is 7.13. The Morgan fingerprint density at radius 2 is 1.74 bits per heavy atom. The molecular weight excluding hydrogens is 422 g/mol. The highest BCUT2D eigenvalue weighted by Crippen LogP contribution is 2.34. The van der Waals surface area contributed by atoms with Gasteiger partial charge in [-0.2, -0.15) is 0 Å². The van der Waals surface area contributed by atoms with Gasteiger partial charge in [0.25, 0.3) is 0 Å². The quantitative estimate of drug-likeness (QED) is 0.429. The molecule has 1 unspecified atom stereocenters. The average Bonchev–Trinajstić information content (AvgIpc) is 2.74. The maximum absolute atomic E-state index is 10.4. The number of nitrogens with one attached hydrogen (secondary N) is 1. The summed E-state index contributed by atoms with van der Waals surface area (Å²) in [6, 6.07) is 13.1. The molecule has 2 fully saturated rings. The van der Waals surface area contributed by atoms with E-state index in [1.165, 1.54) is 0 Å². The fourth-order valence-electron chi connectivity index (χ4n) is 3.89. The molecule has 2 aromatic carbocycles. The number of hydrogen-bond donors (Lipinski definition) is 5. The van der Waals surface area contributed by atoms with Gasteiger partial charge >= 0.3 is 0 Å². The molecule has 0 bridgehead atoms. The number of rotatable bonds is 7. The third kappa shape index (κ3) is 5.04. The molecule has 5 atom stereocenters. The summed E-state index contributed by atoms with van der Waals surface area (Å²) in [4.78, 5) is 0. The topological polar surface area (TPSA) is 111 Å². The van der Waals surface area contributed by atoms with Crippen molar-refractivity contribution in [1.82, 2.24) is 5.32 Å². The van der Waals surface area contributed by atoms with Crippen LogP contribution in [0.2, 0.25) is 5.02 Å². The zero-order valence-corrected chi connectivity index (χ0v) is 17.8. The lowest BCUT2D eigenvalue weighted by atomic mass is 9.90. The van der Waals surface area contributed by atoms with Crippen LogP contribution in [0.5, 0.6) is 5.75 Å². The van der Waals surface area contributed by atoms with E-state index in [-0.39, 0.29) is 0 Å². The van der Waals surface area contributed by atoms with E-state index in [4.69, 9.17) is 21.1 Å². The number of aliphatic hydroxyl groups excluding tert-OH is 4. The largest absolute Gasteiger partial charge is 0.493 e. The van der Waals surface area contributed by atoms with Gasteiger partial charge in [0, 0.05) is 24.0 Å². The van der Waals surface area contributed by atoms with E-state index in [1.807, 2.05) is 30.3 Å². The third-order valence-corrected chi connectivity index (χ3v) is 6.33. The average molecular weight is 450 g/mol. The molecule has 2 aliphatic heterocycles. The smallest absolute Gasteiger partial charge is 0.119 e. The Bertz CT molecular complexity index is 873. The molecule has 2 aromatic rings. The normalized spacial score (nSPS) is 28.9. The third-order valence-electron chi connectivity index (χ3n) is 5.96. The van der Waals surface area contributed by atoms with Gasteiger partial charge in [0.05, 0.1) is 13.2 Å². The summed E-state index contributed by atoms with van der Waals surface area (Å²) in [5.74, 6) is 1.40. The monoisotopic (exact) mass is 449 g/mol. The number of halogens is 1. The fraction of sp³-hybridized carbons (Fsp3) is 0.478. The van der Waals surface area contributed by atoms with Crippen molar-refractivity contribution in [3.8, 4) is 5.75 Å². The zero-order valence-electron chi connectivity index (χ0n) is 17.0. The fourth-order valence-corrected chi connectivity index (χ4v) is 4.07. The van der Waals surface area contributed by atoms with Crippen LogP contribution >= 0.6 is 11.6 Å². The molecule has 31 heavy (non-hydrogen) atoms. The molecule has 8 heteroatoms. The first kappa shape index (κ1) is 22.5. The maximum Gasteiger partial charge on any atom is 0.119 e. The second kappa shape index (κ2) is 9.83. The summed E-state index contributed by atoms with van der Waals surface area (Å²) in [7, 11) is 0. The molecule has 2 heterocycles. The second-order valence-corrected chi connectivity index (χ2v) is 8.66. The Hall–Kier alpha value is -1.71. The van der Waals surface area contributed by atoms with Crippen molar-refractivity contribution in [2.75, 3.05) is 26.3 Å². The Balaban J connectivity index is 1.46. The highest BCUT2D eigenvalue weighted by Gasteiger charge is 2.44. The zero-order chi connectivity index (χ0) is 22.0. The molecule has 0 saturated carbocycles. The Morgan fingerprint density at radius 3 is 2.39 bits per heavy atom. The van der Waals surface area contributed by atoms with E-state index in [2.05, 4.69) is 5.32 Å². The first-order chi connectivity index (χ1) is 15.0. The molecule has 168 valence electrons. The van der Waals surface area contributed by atoms with Crippen molar-refractivity contribution in [2.45, 2.75) is 36.9 Å². The Labute approximate surface area is 186 Å². The minimum absolute atomic E-state index is 0.465. The van der Waals surface area contributed by atoms with Crippen molar-refractivity contribution in [1.29, 1.82) is 0 Å². The predicted octanol–water partition coefficient (Wildman–Crippen LogP) is 1.04. The van der Waals surface area contributed by atoms with Crippen molar-refractivity contribution >= 4 is 11.6 Å². The van der Waals surface area contributed by atoms with Crippen LogP contribution < -0.4 is 10.1 Å². The van der Waals surface area contributed by atoms with E-state index in [9.17, 15) is 20.4 Å². The lowest BCUT2D eigenvalue weighted by molar-refractivity contribution is -0.231. The van der Waals surface area contributed by atoms with Gasteiger partial charge in [0.2, 0.25) is 0 Å². The van der Waals surface area contributed by atoms with Gasteiger partial charge in [0.1, 0.15) is 36.3 Å². The maximum atomic E-state index is 10.4. The lowest BCUT2D eigenvalue weighted by Gasteiger charge is -2.40. The number of hydrogen-bond acceptors (Lipinski definition) is 7. The number of benzene rings is 2. The molecule has 2 saturated heterocycles. The van der Waals surface area contributed by atoms with E-state index in [1.54, 1.807) is 12.1 Å². The molecule has 2 aliphatic rings. The van der Waals surface area contributed by atoms with Crippen molar-refractivity contribution < 1.29 is 29.9 Å². The molecule has 7 nitrogen and oxygen atoms in total. The van der Waals surface area contributed by atoms with Gasteiger partial charge in [-0.1, -0.05) is 35.9 Å². The van der Waals surface area contributed by atoms with Gasteiger partial charge < -0.3 is 35.2 Å². The SMILES string of the molecule is OCC1O[C@@H](c2ccc(Cl)c(Cc3ccc(OCC4CNC4)cc3)c2)[C@H](O)[C@@H](O)[C@@H]1O. The van der Waals surface area contributed by atoms with Crippen LogP contribution in [0.3, 0.4) is 0 Å². The summed E-state index contributed by atoms with van der Waals surface area (Å²) in [6.07, 6.45) is -5.40. The summed E-state index contributed by atoms with van der Waals surface area (Å²) in [6.45, 7) is 2.25. The van der Waals surface area contributed by atoms with Crippen LogP contribution in [0.1, 0.15) is 22.8 Å². The number of ether oxygens (including phenoxy) is 2. The molecule has 0 amide bonds. The van der Waals surface area contributed by atoms with Crippen LogP contribution in [-0.4, -0.2) is 71.1 Å². The molecule has 0 aliphatic carbocycles. The minimum Gasteiger partial charge on any atom is -0.493 e. The molecule has 4 rings (SSSR count). The molecular formula is C23H28ClNO6. The van der Waals surface area contributed by atoms with E-state index >= 15 is 0 Å². The lowest BCUT2D eigenvalue weighted by Crippen LogP contribution is -2.55. The molecule has 0 radical (unpaired) electrons. The van der Waals surface area contributed by atoms with Crippen molar-refractivity contribution in [2.24, 2.45) is 5.92 Å². The van der Waals surface area contributed by atoms with Crippen LogP contribution in [0.4, 0.5) is 0 Å².